The minimum atomic E-state index is 0.870. The number of hydrogen-bond acceptors (Lipinski definition) is 3. The Labute approximate surface area is 162 Å². The average Bonchev–Trinajstić information content (AvgIpc) is 3.12. The van der Waals surface area contributed by atoms with Crippen LogP contribution in [0.3, 0.4) is 0 Å². The van der Waals surface area contributed by atoms with E-state index in [9.17, 15) is 0 Å². The van der Waals surface area contributed by atoms with Crippen LogP contribution in [-0.2, 0) is 6.54 Å². The van der Waals surface area contributed by atoms with Crippen molar-refractivity contribution >= 4 is 11.6 Å². The molecule has 2 heterocycles. The van der Waals surface area contributed by atoms with E-state index in [4.69, 9.17) is 4.99 Å². The molecule has 1 saturated heterocycles. The SMILES string of the molecule is CCNC(=NCCCCn1ccnc1C)N1CCN(c2ccccc2)CC1. The smallest absolute Gasteiger partial charge is 0.194 e. The first-order valence-corrected chi connectivity index (χ1v) is 10.1. The number of aliphatic imine (C=N–C) groups is 1. The zero-order valence-corrected chi connectivity index (χ0v) is 16.6. The van der Waals surface area contributed by atoms with Gasteiger partial charge in [-0.05, 0) is 38.8 Å². The largest absolute Gasteiger partial charge is 0.368 e. The number of piperazine rings is 1. The second kappa shape index (κ2) is 10.00. The highest BCUT2D eigenvalue weighted by molar-refractivity contribution is 5.80. The fourth-order valence-electron chi connectivity index (χ4n) is 3.46. The molecule has 0 saturated carbocycles. The number of nitrogens with one attached hydrogen (secondary N) is 1. The van der Waals surface area contributed by atoms with Crippen molar-refractivity contribution in [1.82, 2.24) is 19.8 Å². The Morgan fingerprint density at radius 2 is 1.89 bits per heavy atom. The summed E-state index contributed by atoms with van der Waals surface area (Å²) in [4.78, 5) is 14.0. The predicted molar refractivity (Wildman–Crippen MR) is 112 cm³/mol. The van der Waals surface area contributed by atoms with Gasteiger partial charge in [-0.1, -0.05) is 18.2 Å². The number of aryl methyl sites for hydroxylation is 2. The number of imidazole rings is 1. The Bertz CT molecular complexity index is 700. The maximum Gasteiger partial charge on any atom is 0.194 e. The first-order chi connectivity index (χ1) is 13.3. The molecule has 0 amide bonds. The highest BCUT2D eigenvalue weighted by atomic mass is 15.3. The third-order valence-corrected chi connectivity index (χ3v) is 5.03. The molecule has 146 valence electrons. The second-order valence-electron chi connectivity index (χ2n) is 6.92. The number of unbranched alkanes of at least 4 members (excludes halogenated alkanes) is 1. The zero-order chi connectivity index (χ0) is 18.9. The number of nitrogens with zero attached hydrogens (tertiary/aromatic N) is 5. The molecule has 6 nitrogen and oxygen atoms in total. The maximum atomic E-state index is 4.86. The molecule has 1 aliphatic heterocycles. The molecule has 1 aliphatic rings. The molecule has 1 aromatic heterocycles. The minimum Gasteiger partial charge on any atom is -0.368 e. The van der Waals surface area contributed by atoms with Crippen LogP contribution in [0.4, 0.5) is 5.69 Å². The summed E-state index contributed by atoms with van der Waals surface area (Å²) in [7, 11) is 0. The molecule has 0 bridgehead atoms. The van der Waals surface area contributed by atoms with E-state index < -0.39 is 0 Å². The van der Waals surface area contributed by atoms with E-state index in [-0.39, 0.29) is 0 Å². The predicted octanol–water partition coefficient (Wildman–Crippen LogP) is 2.76. The lowest BCUT2D eigenvalue weighted by molar-refractivity contribution is 0.372. The molecule has 1 aromatic carbocycles. The lowest BCUT2D eigenvalue weighted by atomic mass is 10.2. The number of aromatic nitrogens is 2. The monoisotopic (exact) mass is 368 g/mol. The number of rotatable bonds is 7. The van der Waals surface area contributed by atoms with E-state index in [1.807, 2.05) is 6.20 Å². The lowest BCUT2D eigenvalue weighted by Crippen LogP contribution is -2.52. The summed E-state index contributed by atoms with van der Waals surface area (Å²) in [5.41, 5.74) is 1.31. The van der Waals surface area contributed by atoms with Gasteiger partial charge in [-0.3, -0.25) is 4.99 Å². The fourth-order valence-corrected chi connectivity index (χ4v) is 3.46. The van der Waals surface area contributed by atoms with Crippen molar-refractivity contribution in [3.8, 4) is 0 Å². The highest BCUT2D eigenvalue weighted by Crippen LogP contribution is 2.15. The molecule has 0 radical (unpaired) electrons. The van der Waals surface area contributed by atoms with Crippen LogP contribution in [0, 0.1) is 6.92 Å². The Hall–Kier alpha value is -2.50. The van der Waals surface area contributed by atoms with Crippen LogP contribution in [0.1, 0.15) is 25.6 Å². The topological polar surface area (TPSA) is 48.7 Å². The van der Waals surface area contributed by atoms with Crippen molar-refractivity contribution in [2.75, 3.05) is 44.2 Å². The van der Waals surface area contributed by atoms with Gasteiger partial charge in [0, 0.05) is 63.9 Å². The van der Waals surface area contributed by atoms with Crippen LogP contribution in [-0.4, -0.2) is 59.7 Å². The van der Waals surface area contributed by atoms with E-state index in [0.717, 1.165) is 70.4 Å². The number of hydrogen-bond donors (Lipinski definition) is 1. The maximum absolute atomic E-state index is 4.86. The van der Waals surface area contributed by atoms with Crippen LogP contribution in [0.2, 0.25) is 0 Å². The van der Waals surface area contributed by atoms with E-state index in [0.29, 0.717) is 0 Å². The summed E-state index contributed by atoms with van der Waals surface area (Å²) in [6.45, 7) is 11.1. The molecular formula is C21H32N6. The van der Waals surface area contributed by atoms with E-state index in [1.165, 1.54) is 5.69 Å². The van der Waals surface area contributed by atoms with Crippen LogP contribution in [0.25, 0.3) is 0 Å². The molecule has 0 atom stereocenters. The van der Waals surface area contributed by atoms with Gasteiger partial charge in [0.2, 0.25) is 0 Å². The van der Waals surface area contributed by atoms with Crippen molar-refractivity contribution in [2.45, 2.75) is 33.2 Å². The average molecular weight is 369 g/mol. The standard InChI is InChI=1S/C21H32N6/c1-3-22-21(24-11-7-8-13-25-14-12-23-19(25)2)27-17-15-26(16-18-27)20-9-5-4-6-10-20/h4-6,9-10,12,14H,3,7-8,11,13,15-18H2,1-2H3,(H,22,24). The molecule has 0 unspecified atom stereocenters. The molecule has 6 heteroatoms. The number of guanidine groups is 1. The first-order valence-electron chi connectivity index (χ1n) is 10.1. The first kappa shape index (κ1) is 19.3. The van der Waals surface area contributed by atoms with E-state index >= 15 is 0 Å². The Morgan fingerprint density at radius 3 is 2.56 bits per heavy atom. The summed E-state index contributed by atoms with van der Waals surface area (Å²) in [5, 5.41) is 3.46. The Balaban J connectivity index is 1.45. The van der Waals surface area contributed by atoms with Crippen molar-refractivity contribution in [1.29, 1.82) is 0 Å². The summed E-state index contributed by atoms with van der Waals surface area (Å²) in [5.74, 6) is 2.15. The molecule has 2 aromatic rings. The number of anilines is 1. The van der Waals surface area contributed by atoms with Gasteiger partial charge in [0.25, 0.3) is 0 Å². The molecule has 1 N–H and O–H groups in total. The molecular weight excluding hydrogens is 336 g/mol. The summed E-state index contributed by atoms with van der Waals surface area (Å²) in [6.07, 6.45) is 6.14. The molecule has 0 spiro atoms. The number of para-hydroxylation sites is 1. The van der Waals surface area contributed by atoms with Crippen LogP contribution < -0.4 is 10.2 Å². The van der Waals surface area contributed by atoms with Gasteiger partial charge in [-0.15, -0.1) is 0 Å². The van der Waals surface area contributed by atoms with Crippen LogP contribution in [0.5, 0.6) is 0 Å². The second-order valence-corrected chi connectivity index (χ2v) is 6.92. The van der Waals surface area contributed by atoms with E-state index in [2.05, 4.69) is 75.0 Å². The van der Waals surface area contributed by atoms with Gasteiger partial charge in [-0.25, -0.2) is 4.98 Å². The number of benzene rings is 1. The van der Waals surface area contributed by atoms with Crippen LogP contribution >= 0.6 is 0 Å². The third-order valence-electron chi connectivity index (χ3n) is 5.03. The summed E-state index contributed by atoms with van der Waals surface area (Å²) in [6, 6.07) is 10.7. The van der Waals surface area contributed by atoms with Gasteiger partial charge >= 0.3 is 0 Å². The molecule has 3 rings (SSSR count). The summed E-state index contributed by atoms with van der Waals surface area (Å²) >= 11 is 0. The van der Waals surface area contributed by atoms with Gasteiger partial charge in [0.05, 0.1) is 0 Å². The van der Waals surface area contributed by atoms with Crippen molar-refractivity contribution in [2.24, 2.45) is 4.99 Å². The molecule has 0 aliphatic carbocycles. The molecule has 27 heavy (non-hydrogen) atoms. The lowest BCUT2D eigenvalue weighted by Gasteiger charge is -2.37. The normalized spacial score (nSPS) is 15.3. The van der Waals surface area contributed by atoms with Gasteiger partial charge in [0.15, 0.2) is 5.96 Å². The fraction of sp³-hybridized carbons (Fsp3) is 0.524. The van der Waals surface area contributed by atoms with Gasteiger partial charge < -0.3 is 19.7 Å². The Kier molecular flexibility index (Phi) is 7.13. The highest BCUT2D eigenvalue weighted by Gasteiger charge is 2.19. The zero-order valence-electron chi connectivity index (χ0n) is 16.6. The van der Waals surface area contributed by atoms with Crippen molar-refractivity contribution < 1.29 is 0 Å². The quantitative estimate of drug-likeness (QED) is 0.464. The third kappa shape index (κ3) is 5.49. The van der Waals surface area contributed by atoms with Gasteiger partial charge in [0.1, 0.15) is 5.82 Å². The van der Waals surface area contributed by atoms with Crippen molar-refractivity contribution in [3.05, 3.63) is 48.5 Å². The van der Waals surface area contributed by atoms with Crippen LogP contribution in [0.15, 0.2) is 47.7 Å². The molecule has 1 fully saturated rings. The summed E-state index contributed by atoms with van der Waals surface area (Å²) < 4.78 is 2.21. The van der Waals surface area contributed by atoms with E-state index in [1.54, 1.807) is 0 Å². The Morgan fingerprint density at radius 1 is 1.11 bits per heavy atom. The van der Waals surface area contributed by atoms with Gasteiger partial charge in [-0.2, -0.15) is 0 Å². The van der Waals surface area contributed by atoms with Crippen molar-refractivity contribution in [3.63, 3.8) is 0 Å². The minimum absolute atomic E-state index is 0.870.